The molecular formula is C16H23NO4. The molecule has 0 radical (unpaired) electrons. The van der Waals surface area contributed by atoms with Crippen molar-refractivity contribution in [2.24, 2.45) is 0 Å². The first-order valence-electron chi connectivity index (χ1n) is 7.43. The highest BCUT2D eigenvalue weighted by atomic mass is 16.5. The van der Waals surface area contributed by atoms with Crippen molar-refractivity contribution in [2.45, 2.75) is 38.4 Å². The number of carbonyl (C=O) groups excluding carboxylic acids is 1. The summed E-state index contributed by atoms with van der Waals surface area (Å²) in [5.74, 6) is 1.10. The second-order valence-corrected chi connectivity index (χ2v) is 5.05. The first-order valence-corrected chi connectivity index (χ1v) is 7.43. The number of amides is 1. The lowest BCUT2D eigenvalue weighted by molar-refractivity contribution is -0.128. The highest BCUT2D eigenvalue weighted by Crippen LogP contribution is 2.27. The van der Waals surface area contributed by atoms with Crippen molar-refractivity contribution in [2.75, 3.05) is 20.3 Å². The van der Waals surface area contributed by atoms with E-state index >= 15 is 0 Å². The van der Waals surface area contributed by atoms with Crippen molar-refractivity contribution in [3.05, 3.63) is 24.3 Å². The van der Waals surface area contributed by atoms with Gasteiger partial charge in [-0.1, -0.05) is 19.1 Å². The molecule has 1 fully saturated rings. The van der Waals surface area contributed by atoms with Crippen molar-refractivity contribution in [3.63, 3.8) is 0 Å². The van der Waals surface area contributed by atoms with E-state index in [2.05, 4.69) is 5.32 Å². The molecule has 21 heavy (non-hydrogen) atoms. The highest BCUT2D eigenvalue weighted by Gasteiger charge is 2.22. The number of hydrogen-bond donors (Lipinski definition) is 1. The third-order valence-corrected chi connectivity index (χ3v) is 3.53. The van der Waals surface area contributed by atoms with Crippen molar-refractivity contribution >= 4 is 5.91 Å². The number of rotatable bonds is 7. The molecule has 1 saturated heterocycles. The van der Waals surface area contributed by atoms with E-state index in [0.717, 1.165) is 19.4 Å². The fourth-order valence-corrected chi connectivity index (χ4v) is 2.33. The molecule has 1 aliphatic heterocycles. The molecule has 116 valence electrons. The molecule has 1 aliphatic rings. The van der Waals surface area contributed by atoms with Crippen LogP contribution in [0, 0.1) is 0 Å². The smallest absolute Gasteiger partial charge is 0.261 e. The monoisotopic (exact) mass is 293 g/mol. The fraction of sp³-hybridized carbons (Fsp3) is 0.562. The van der Waals surface area contributed by atoms with Crippen LogP contribution in [0.3, 0.4) is 0 Å². The Morgan fingerprint density at radius 2 is 2.19 bits per heavy atom. The molecule has 5 nitrogen and oxygen atoms in total. The van der Waals surface area contributed by atoms with E-state index in [1.54, 1.807) is 13.2 Å². The molecule has 0 bridgehead atoms. The lowest BCUT2D eigenvalue weighted by atomic mass is 10.2. The molecule has 0 saturated carbocycles. The van der Waals surface area contributed by atoms with Crippen LogP contribution in [-0.2, 0) is 9.53 Å². The molecule has 5 heteroatoms. The van der Waals surface area contributed by atoms with Crippen LogP contribution in [0.1, 0.15) is 26.2 Å². The molecular weight excluding hydrogens is 270 g/mol. The van der Waals surface area contributed by atoms with E-state index in [0.29, 0.717) is 24.5 Å². The minimum absolute atomic E-state index is 0.112. The topological polar surface area (TPSA) is 56.8 Å². The van der Waals surface area contributed by atoms with Gasteiger partial charge in [0.1, 0.15) is 0 Å². The maximum absolute atomic E-state index is 12.2. The zero-order valence-electron chi connectivity index (χ0n) is 12.6. The lowest BCUT2D eigenvalue weighted by Gasteiger charge is -2.19. The average Bonchev–Trinajstić information content (AvgIpc) is 3.04. The van der Waals surface area contributed by atoms with Crippen molar-refractivity contribution in [1.29, 1.82) is 0 Å². The van der Waals surface area contributed by atoms with Gasteiger partial charge in [0.15, 0.2) is 17.6 Å². The van der Waals surface area contributed by atoms with E-state index in [1.807, 2.05) is 25.1 Å². The van der Waals surface area contributed by atoms with Crippen LogP contribution < -0.4 is 14.8 Å². The largest absolute Gasteiger partial charge is 0.493 e. The molecule has 0 spiro atoms. The third kappa shape index (κ3) is 4.36. The number of methoxy groups -OCH3 is 1. The van der Waals surface area contributed by atoms with Gasteiger partial charge in [0.25, 0.3) is 5.91 Å². The van der Waals surface area contributed by atoms with Crippen LogP contribution in [-0.4, -0.2) is 38.4 Å². The number of hydrogen-bond acceptors (Lipinski definition) is 4. The predicted molar refractivity (Wildman–Crippen MR) is 79.7 cm³/mol. The summed E-state index contributed by atoms with van der Waals surface area (Å²) in [6.45, 7) is 3.26. The summed E-state index contributed by atoms with van der Waals surface area (Å²) in [6.07, 6.45) is 2.27. The standard InChI is InChI=1S/C16H23NO4/c1-3-13(16(18)17-11-12-7-6-10-20-12)21-15-9-5-4-8-14(15)19-2/h4-5,8-9,12-13H,3,6-7,10-11H2,1-2H3,(H,17,18)/t12-,13-/m1/s1. The van der Waals surface area contributed by atoms with Gasteiger partial charge >= 0.3 is 0 Å². The Morgan fingerprint density at radius 1 is 1.43 bits per heavy atom. The molecule has 2 atom stereocenters. The summed E-state index contributed by atoms with van der Waals surface area (Å²) < 4.78 is 16.5. The van der Waals surface area contributed by atoms with Crippen LogP contribution >= 0.6 is 0 Å². The number of benzene rings is 1. The number of para-hydroxylation sites is 2. The molecule has 1 aromatic rings. The summed E-state index contributed by atoms with van der Waals surface area (Å²) in [6, 6.07) is 7.33. The van der Waals surface area contributed by atoms with Gasteiger partial charge in [-0.05, 0) is 31.4 Å². The predicted octanol–water partition coefficient (Wildman–Crippen LogP) is 2.15. The molecule has 1 amide bonds. The lowest BCUT2D eigenvalue weighted by Crippen LogP contribution is -2.41. The number of carbonyl (C=O) groups is 1. The van der Waals surface area contributed by atoms with Crippen LogP contribution in [0.5, 0.6) is 11.5 Å². The van der Waals surface area contributed by atoms with Crippen molar-refractivity contribution in [3.8, 4) is 11.5 Å². The van der Waals surface area contributed by atoms with Gasteiger partial charge in [-0.15, -0.1) is 0 Å². The SMILES string of the molecule is CC[C@@H](Oc1ccccc1OC)C(=O)NC[C@H]1CCCO1. The quantitative estimate of drug-likeness (QED) is 0.837. The second-order valence-electron chi connectivity index (χ2n) is 5.05. The van der Waals surface area contributed by atoms with Crippen LogP contribution in [0.2, 0.25) is 0 Å². The maximum atomic E-state index is 12.2. The van der Waals surface area contributed by atoms with E-state index in [1.165, 1.54) is 0 Å². The molecule has 0 aromatic heterocycles. The normalized spacial score (nSPS) is 19.0. The first-order chi connectivity index (χ1) is 10.2. The Labute approximate surface area is 125 Å². The van der Waals surface area contributed by atoms with Gasteiger partial charge in [-0.25, -0.2) is 0 Å². The van der Waals surface area contributed by atoms with Gasteiger partial charge in [0.05, 0.1) is 13.2 Å². The molecule has 2 rings (SSSR count). The van der Waals surface area contributed by atoms with Gasteiger partial charge < -0.3 is 19.5 Å². The highest BCUT2D eigenvalue weighted by molar-refractivity contribution is 5.81. The van der Waals surface area contributed by atoms with Crippen LogP contribution in [0.4, 0.5) is 0 Å². The fourth-order valence-electron chi connectivity index (χ4n) is 2.33. The van der Waals surface area contributed by atoms with Gasteiger partial charge in [0, 0.05) is 13.2 Å². The minimum Gasteiger partial charge on any atom is -0.493 e. The number of ether oxygens (including phenoxy) is 3. The Morgan fingerprint density at radius 3 is 2.81 bits per heavy atom. The van der Waals surface area contributed by atoms with Gasteiger partial charge in [0.2, 0.25) is 0 Å². The first kappa shape index (κ1) is 15.6. The summed E-state index contributed by atoms with van der Waals surface area (Å²) in [5, 5.41) is 2.90. The summed E-state index contributed by atoms with van der Waals surface area (Å²) in [4.78, 5) is 12.2. The molecule has 0 unspecified atom stereocenters. The third-order valence-electron chi connectivity index (χ3n) is 3.53. The summed E-state index contributed by atoms with van der Waals surface area (Å²) in [5.41, 5.74) is 0. The molecule has 0 aliphatic carbocycles. The maximum Gasteiger partial charge on any atom is 0.261 e. The summed E-state index contributed by atoms with van der Waals surface area (Å²) >= 11 is 0. The van der Waals surface area contributed by atoms with Gasteiger partial charge in [-0.3, -0.25) is 4.79 Å². The molecule has 1 aromatic carbocycles. The van der Waals surface area contributed by atoms with E-state index in [-0.39, 0.29) is 12.0 Å². The second kappa shape index (κ2) is 7.88. The van der Waals surface area contributed by atoms with Gasteiger partial charge in [-0.2, -0.15) is 0 Å². The Bertz CT molecular complexity index is 457. The Kier molecular flexibility index (Phi) is 5.87. The summed E-state index contributed by atoms with van der Waals surface area (Å²) in [7, 11) is 1.58. The van der Waals surface area contributed by atoms with Crippen LogP contribution in [0.15, 0.2) is 24.3 Å². The van der Waals surface area contributed by atoms with Crippen molar-refractivity contribution < 1.29 is 19.0 Å². The van der Waals surface area contributed by atoms with E-state index < -0.39 is 6.10 Å². The molecule has 1 heterocycles. The zero-order chi connectivity index (χ0) is 15.1. The Balaban J connectivity index is 1.90. The molecule has 1 N–H and O–H groups in total. The van der Waals surface area contributed by atoms with E-state index in [9.17, 15) is 4.79 Å². The number of nitrogens with one attached hydrogen (secondary N) is 1. The zero-order valence-corrected chi connectivity index (χ0v) is 12.6. The van der Waals surface area contributed by atoms with E-state index in [4.69, 9.17) is 14.2 Å². The van der Waals surface area contributed by atoms with Crippen LogP contribution in [0.25, 0.3) is 0 Å². The van der Waals surface area contributed by atoms with Crippen molar-refractivity contribution in [1.82, 2.24) is 5.32 Å². The minimum atomic E-state index is -0.525. The Hall–Kier alpha value is -1.75. The average molecular weight is 293 g/mol.